The quantitative estimate of drug-likeness (QED) is 0.856. The number of hydrogen-bond donors (Lipinski definition) is 1. The van der Waals surface area contributed by atoms with Gasteiger partial charge >= 0.3 is 0 Å². The topological polar surface area (TPSA) is 41.1 Å². The van der Waals surface area contributed by atoms with Crippen LogP contribution in [0.5, 0.6) is 0 Å². The molecular formula is C15H26N4. The number of nitrogens with one attached hydrogen (secondary N) is 1. The number of aryl methyl sites for hydroxylation is 1. The molecule has 1 aliphatic heterocycles. The number of nitrogens with zero attached hydrogens (tertiary/aromatic N) is 3. The minimum absolute atomic E-state index is 0.863. The van der Waals surface area contributed by atoms with E-state index >= 15 is 0 Å². The highest BCUT2D eigenvalue weighted by Crippen LogP contribution is 2.20. The summed E-state index contributed by atoms with van der Waals surface area (Å²) in [7, 11) is 0. The molecule has 4 heteroatoms. The Balaban J connectivity index is 1.97. The molecule has 0 radical (unpaired) electrons. The van der Waals surface area contributed by atoms with Gasteiger partial charge in [-0.3, -0.25) is 4.90 Å². The van der Waals surface area contributed by atoms with Crippen LogP contribution in [0.2, 0.25) is 0 Å². The third-order valence-electron chi connectivity index (χ3n) is 3.77. The van der Waals surface area contributed by atoms with E-state index < -0.39 is 0 Å². The van der Waals surface area contributed by atoms with E-state index in [2.05, 4.69) is 34.0 Å². The van der Waals surface area contributed by atoms with Gasteiger partial charge in [-0.2, -0.15) is 0 Å². The Kier molecular flexibility index (Phi) is 5.14. The van der Waals surface area contributed by atoms with Crippen molar-refractivity contribution in [3.63, 3.8) is 0 Å². The third-order valence-corrected chi connectivity index (χ3v) is 3.77. The summed E-state index contributed by atoms with van der Waals surface area (Å²) in [6.07, 6.45) is 3.72. The summed E-state index contributed by atoms with van der Waals surface area (Å²) in [4.78, 5) is 11.7. The maximum atomic E-state index is 4.62. The first kappa shape index (κ1) is 14.3. The van der Waals surface area contributed by atoms with E-state index in [1.54, 1.807) is 0 Å². The molecule has 1 N–H and O–H groups in total. The van der Waals surface area contributed by atoms with Crippen LogP contribution in [0.25, 0.3) is 0 Å². The molecule has 1 aromatic heterocycles. The average molecular weight is 262 g/mol. The van der Waals surface area contributed by atoms with Gasteiger partial charge in [0, 0.05) is 24.8 Å². The minimum atomic E-state index is 0.863. The van der Waals surface area contributed by atoms with Crippen molar-refractivity contribution in [2.45, 2.75) is 46.6 Å². The van der Waals surface area contributed by atoms with Crippen molar-refractivity contribution in [3.8, 4) is 0 Å². The van der Waals surface area contributed by atoms with Crippen LogP contribution >= 0.6 is 0 Å². The minimum Gasteiger partial charge on any atom is -0.370 e. The normalized spacial score (nSPS) is 19.8. The maximum absolute atomic E-state index is 4.62. The second kappa shape index (κ2) is 6.85. The molecule has 1 unspecified atom stereocenters. The molecular weight excluding hydrogens is 236 g/mol. The summed E-state index contributed by atoms with van der Waals surface area (Å²) < 4.78 is 0. The predicted octanol–water partition coefficient (Wildman–Crippen LogP) is 2.84. The van der Waals surface area contributed by atoms with Crippen LogP contribution in [-0.2, 0) is 6.54 Å². The number of anilines is 1. The fraction of sp³-hybridized carbons (Fsp3) is 0.733. The highest BCUT2D eigenvalue weighted by molar-refractivity contribution is 5.35. The zero-order valence-corrected chi connectivity index (χ0v) is 12.4. The first-order valence-electron chi connectivity index (χ1n) is 7.52. The summed E-state index contributed by atoms with van der Waals surface area (Å²) >= 11 is 0. The molecule has 1 saturated heterocycles. The van der Waals surface area contributed by atoms with Crippen LogP contribution in [0, 0.1) is 12.8 Å². The van der Waals surface area contributed by atoms with Crippen LogP contribution in [0.15, 0.2) is 6.07 Å². The number of hydrogen-bond acceptors (Lipinski definition) is 4. The SMILES string of the molecule is CCCNc1cc(C)nc(CN2CCC(CC)C2)n1. The van der Waals surface area contributed by atoms with Crippen LogP contribution in [-0.4, -0.2) is 34.5 Å². The Morgan fingerprint density at radius 2 is 2.21 bits per heavy atom. The van der Waals surface area contributed by atoms with Gasteiger partial charge in [0.2, 0.25) is 0 Å². The zero-order valence-electron chi connectivity index (χ0n) is 12.4. The fourth-order valence-electron chi connectivity index (χ4n) is 2.63. The molecule has 1 aliphatic rings. The maximum Gasteiger partial charge on any atom is 0.144 e. The standard InChI is InChI=1S/C15H26N4/c1-4-7-16-14-9-12(3)17-15(18-14)11-19-8-6-13(5-2)10-19/h9,13H,4-8,10-11H2,1-3H3,(H,16,17,18). The van der Waals surface area contributed by atoms with Crippen molar-refractivity contribution in [3.05, 3.63) is 17.6 Å². The second-order valence-corrected chi connectivity index (χ2v) is 5.54. The molecule has 1 atom stereocenters. The van der Waals surface area contributed by atoms with Crippen LogP contribution < -0.4 is 5.32 Å². The number of likely N-dealkylation sites (tertiary alicyclic amines) is 1. The van der Waals surface area contributed by atoms with E-state index in [9.17, 15) is 0 Å². The van der Waals surface area contributed by atoms with E-state index in [-0.39, 0.29) is 0 Å². The van der Waals surface area contributed by atoms with E-state index in [1.807, 2.05) is 13.0 Å². The Labute approximate surface area is 116 Å². The molecule has 0 bridgehead atoms. The van der Waals surface area contributed by atoms with Gasteiger partial charge in [0.05, 0.1) is 6.54 Å². The highest BCUT2D eigenvalue weighted by atomic mass is 15.2. The van der Waals surface area contributed by atoms with Gasteiger partial charge in [-0.05, 0) is 32.2 Å². The van der Waals surface area contributed by atoms with Crippen molar-refractivity contribution in [2.24, 2.45) is 5.92 Å². The highest BCUT2D eigenvalue weighted by Gasteiger charge is 2.21. The Morgan fingerprint density at radius 1 is 1.37 bits per heavy atom. The first-order valence-corrected chi connectivity index (χ1v) is 7.52. The fourth-order valence-corrected chi connectivity index (χ4v) is 2.63. The van der Waals surface area contributed by atoms with Crippen molar-refractivity contribution in [1.82, 2.24) is 14.9 Å². The van der Waals surface area contributed by atoms with Gasteiger partial charge in [0.15, 0.2) is 0 Å². The van der Waals surface area contributed by atoms with Gasteiger partial charge in [0.25, 0.3) is 0 Å². The van der Waals surface area contributed by atoms with Crippen molar-refractivity contribution < 1.29 is 0 Å². The molecule has 0 saturated carbocycles. The lowest BCUT2D eigenvalue weighted by Crippen LogP contribution is -2.22. The van der Waals surface area contributed by atoms with Crippen molar-refractivity contribution in [1.29, 1.82) is 0 Å². The van der Waals surface area contributed by atoms with Gasteiger partial charge in [-0.25, -0.2) is 9.97 Å². The lowest BCUT2D eigenvalue weighted by Gasteiger charge is -2.15. The van der Waals surface area contributed by atoms with Crippen LogP contribution in [0.4, 0.5) is 5.82 Å². The summed E-state index contributed by atoms with van der Waals surface area (Å²) in [5.74, 6) is 2.79. The molecule has 0 spiro atoms. The molecule has 2 heterocycles. The lowest BCUT2D eigenvalue weighted by molar-refractivity contribution is 0.307. The molecule has 2 rings (SSSR count). The Hall–Kier alpha value is -1.16. The molecule has 1 aromatic rings. The lowest BCUT2D eigenvalue weighted by atomic mass is 10.1. The average Bonchev–Trinajstić information content (AvgIpc) is 2.83. The molecule has 1 fully saturated rings. The molecule has 0 aliphatic carbocycles. The number of rotatable bonds is 6. The van der Waals surface area contributed by atoms with Gasteiger partial charge in [0.1, 0.15) is 11.6 Å². The van der Waals surface area contributed by atoms with Crippen LogP contribution in [0.3, 0.4) is 0 Å². The predicted molar refractivity (Wildman–Crippen MR) is 79.2 cm³/mol. The summed E-state index contributed by atoms with van der Waals surface area (Å²) in [6.45, 7) is 10.7. The monoisotopic (exact) mass is 262 g/mol. The zero-order chi connectivity index (χ0) is 13.7. The second-order valence-electron chi connectivity index (χ2n) is 5.54. The summed E-state index contributed by atoms with van der Waals surface area (Å²) in [6, 6.07) is 2.03. The van der Waals surface area contributed by atoms with Gasteiger partial charge in [-0.1, -0.05) is 20.3 Å². The molecule has 0 amide bonds. The number of aromatic nitrogens is 2. The van der Waals surface area contributed by atoms with Crippen molar-refractivity contribution in [2.75, 3.05) is 25.0 Å². The molecule has 0 aromatic carbocycles. The summed E-state index contributed by atoms with van der Waals surface area (Å²) in [5, 5.41) is 3.35. The van der Waals surface area contributed by atoms with E-state index in [4.69, 9.17) is 0 Å². The summed E-state index contributed by atoms with van der Waals surface area (Å²) in [5.41, 5.74) is 1.05. The van der Waals surface area contributed by atoms with E-state index in [0.29, 0.717) is 0 Å². The molecule has 19 heavy (non-hydrogen) atoms. The Bertz CT molecular complexity index is 405. The van der Waals surface area contributed by atoms with Crippen molar-refractivity contribution >= 4 is 5.82 Å². The van der Waals surface area contributed by atoms with Crippen LogP contribution in [0.1, 0.15) is 44.6 Å². The largest absolute Gasteiger partial charge is 0.370 e. The van der Waals surface area contributed by atoms with Gasteiger partial charge < -0.3 is 5.32 Å². The van der Waals surface area contributed by atoms with E-state index in [0.717, 1.165) is 42.8 Å². The Morgan fingerprint density at radius 3 is 2.89 bits per heavy atom. The van der Waals surface area contributed by atoms with E-state index in [1.165, 1.54) is 25.9 Å². The molecule has 106 valence electrons. The third kappa shape index (κ3) is 4.16. The smallest absolute Gasteiger partial charge is 0.144 e. The molecule has 4 nitrogen and oxygen atoms in total. The van der Waals surface area contributed by atoms with Gasteiger partial charge in [-0.15, -0.1) is 0 Å². The first-order chi connectivity index (χ1) is 9.21.